The van der Waals surface area contributed by atoms with Gasteiger partial charge in [0.1, 0.15) is 5.75 Å². The van der Waals surface area contributed by atoms with Crippen LogP contribution in [0, 0.1) is 0 Å². The van der Waals surface area contributed by atoms with Crippen LogP contribution in [-0.2, 0) is 0 Å². The minimum atomic E-state index is 0.679. The Kier molecular flexibility index (Phi) is 7.28. The van der Waals surface area contributed by atoms with Gasteiger partial charge in [-0.25, -0.2) is 0 Å². The van der Waals surface area contributed by atoms with Gasteiger partial charge in [-0.15, -0.1) is 0 Å². The summed E-state index contributed by atoms with van der Waals surface area (Å²) in [6.45, 7) is 4.94. The first-order valence-corrected chi connectivity index (χ1v) is 6.87. The molecular formula is C16H21ClO. The van der Waals surface area contributed by atoms with E-state index in [0.717, 1.165) is 30.0 Å². The summed E-state index contributed by atoms with van der Waals surface area (Å²) in [6.07, 6.45) is 6.95. The van der Waals surface area contributed by atoms with Crippen LogP contribution in [0.25, 0.3) is 0 Å². The second-order valence-corrected chi connectivity index (χ2v) is 4.42. The van der Waals surface area contributed by atoms with Crippen LogP contribution >= 0.6 is 11.6 Å². The molecule has 18 heavy (non-hydrogen) atoms. The minimum Gasteiger partial charge on any atom is -0.493 e. The molecule has 0 saturated heterocycles. The zero-order chi connectivity index (χ0) is 13.2. The third kappa shape index (κ3) is 5.42. The Hall–Kier alpha value is -1.21. The minimum absolute atomic E-state index is 0.679. The first-order valence-electron chi connectivity index (χ1n) is 6.49. The van der Waals surface area contributed by atoms with Crippen molar-refractivity contribution in [1.82, 2.24) is 0 Å². The van der Waals surface area contributed by atoms with Crippen molar-refractivity contribution in [3.63, 3.8) is 0 Å². The molecule has 0 aromatic heterocycles. The quantitative estimate of drug-likeness (QED) is 0.478. The standard InChI is InChI=1S/C16H21ClO/c1-3-14(4-2)16(17)12-8-9-13-18-15-10-6-5-7-11-15/h5-8,10-12H,3-4,9,13H2,1-2H3/b12-8+. The predicted molar refractivity (Wildman–Crippen MR) is 79.2 cm³/mol. The predicted octanol–water partition coefficient (Wildman–Crippen LogP) is 5.32. The lowest BCUT2D eigenvalue weighted by Gasteiger charge is -2.03. The van der Waals surface area contributed by atoms with Gasteiger partial charge < -0.3 is 4.74 Å². The largest absolute Gasteiger partial charge is 0.493 e. The van der Waals surface area contributed by atoms with E-state index in [4.69, 9.17) is 16.3 Å². The molecule has 0 heterocycles. The van der Waals surface area contributed by atoms with Crippen molar-refractivity contribution in [1.29, 1.82) is 0 Å². The Bertz CT molecular complexity index is 387. The first kappa shape index (κ1) is 14.8. The Morgan fingerprint density at radius 3 is 2.44 bits per heavy atom. The summed E-state index contributed by atoms with van der Waals surface area (Å²) in [6, 6.07) is 9.85. The van der Waals surface area contributed by atoms with Crippen molar-refractivity contribution in [3.05, 3.63) is 53.1 Å². The molecule has 2 heteroatoms. The lowest BCUT2D eigenvalue weighted by atomic mass is 10.1. The summed E-state index contributed by atoms with van der Waals surface area (Å²) in [5, 5.41) is 0.875. The molecule has 0 bridgehead atoms. The number of rotatable bonds is 7. The van der Waals surface area contributed by atoms with Gasteiger partial charge >= 0.3 is 0 Å². The molecule has 0 saturated carbocycles. The fraction of sp³-hybridized carbons (Fsp3) is 0.375. The molecular weight excluding hydrogens is 244 g/mol. The second kappa shape index (κ2) is 8.82. The highest BCUT2D eigenvalue weighted by Crippen LogP contribution is 2.17. The molecule has 0 amide bonds. The summed E-state index contributed by atoms with van der Waals surface area (Å²) in [4.78, 5) is 0. The van der Waals surface area contributed by atoms with E-state index in [1.165, 1.54) is 5.57 Å². The number of benzene rings is 1. The van der Waals surface area contributed by atoms with Gasteiger partial charge in [0.2, 0.25) is 0 Å². The molecule has 0 fully saturated rings. The van der Waals surface area contributed by atoms with Gasteiger partial charge in [0.25, 0.3) is 0 Å². The van der Waals surface area contributed by atoms with Crippen molar-refractivity contribution in [2.45, 2.75) is 33.1 Å². The monoisotopic (exact) mass is 264 g/mol. The van der Waals surface area contributed by atoms with Crippen LogP contribution in [0.2, 0.25) is 0 Å². The summed E-state index contributed by atoms with van der Waals surface area (Å²) >= 11 is 6.20. The lowest BCUT2D eigenvalue weighted by molar-refractivity contribution is 0.325. The van der Waals surface area contributed by atoms with E-state index >= 15 is 0 Å². The van der Waals surface area contributed by atoms with E-state index in [-0.39, 0.29) is 0 Å². The Morgan fingerprint density at radius 1 is 1.17 bits per heavy atom. The molecule has 1 aromatic carbocycles. The van der Waals surface area contributed by atoms with Crippen LogP contribution < -0.4 is 4.74 Å². The third-order valence-electron chi connectivity index (χ3n) is 2.75. The van der Waals surface area contributed by atoms with Crippen LogP contribution in [0.4, 0.5) is 0 Å². The third-order valence-corrected chi connectivity index (χ3v) is 3.15. The van der Waals surface area contributed by atoms with Gasteiger partial charge in [-0.1, -0.05) is 55.3 Å². The van der Waals surface area contributed by atoms with E-state index in [0.29, 0.717) is 6.61 Å². The maximum Gasteiger partial charge on any atom is 0.119 e. The molecule has 0 atom stereocenters. The summed E-state index contributed by atoms with van der Waals surface area (Å²) in [5.41, 5.74) is 1.30. The van der Waals surface area contributed by atoms with Gasteiger partial charge in [-0.2, -0.15) is 0 Å². The molecule has 0 aliphatic rings. The van der Waals surface area contributed by atoms with Crippen molar-refractivity contribution in [2.75, 3.05) is 6.61 Å². The number of ether oxygens (including phenoxy) is 1. The van der Waals surface area contributed by atoms with Crippen LogP contribution in [0.5, 0.6) is 5.75 Å². The van der Waals surface area contributed by atoms with Crippen LogP contribution in [0.3, 0.4) is 0 Å². The zero-order valence-electron chi connectivity index (χ0n) is 11.2. The molecule has 1 aromatic rings. The summed E-state index contributed by atoms with van der Waals surface area (Å²) in [7, 11) is 0. The molecule has 0 unspecified atom stereocenters. The van der Waals surface area contributed by atoms with Gasteiger partial charge in [0.15, 0.2) is 0 Å². The Morgan fingerprint density at radius 2 is 1.83 bits per heavy atom. The number of para-hydroxylation sites is 1. The SMILES string of the molecule is CCC(CC)=C(Cl)/C=C/CCOc1ccccc1. The maximum absolute atomic E-state index is 6.20. The highest BCUT2D eigenvalue weighted by Gasteiger charge is 1.96. The topological polar surface area (TPSA) is 9.23 Å². The molecule has 0 N–H and O–H groups in total. The van der Waals surface area contributed by atoms with E-state index in [9.17, 15) is 0 Å². The molecule has 1 rings (SSSR count). The van der Waals surface area contributed by atoms with Gasteiger partial charge in [-0.3, -0.25) is 0 Å². The smallest absolute Gasteiger partial charge is 0.119 e. The number of hydrogen-bond acceptors (Lipinski definition) is 1. The fourth-order valence-electron chi connectivity index (χ4n) is 1.65. The molecule has 0 radical (unpaired) electrons. The lowest BCUT2D eigenvalue weighted by Crippen LogP contribution is -1.94. The summed E-state index contributed by atoms with van der Waals surface area (Å²) in [5.74, 6) is 0.912. The molecule has 0 aliphatic heterocycles. The van der Waals surface area contributed by atoms with E-state index in [2.05, 4.69) is 19.9 Å². The fourth-order valence-corrected chi connectivity index (χ4v) is 2.01. The van der Waals surface area contributed by atoms with Crippen molar-refractivity contribution in [3.8, 4) is 5.75 Å². The average molecular weight is 265 g/mol. The Balaban J connectivity index is 2.32. The second-order valence-electron chi connectivity index (χ2n) is 4.01. The normalized spacial score (nSPS) is 10.6. The number of halogens is 1. The van der Waals surface area contributed by atoms with E-state index < -0.39 is 0 Å². The highest BCUT2D eigenvalue weighted by atomic mass is 35.5. The van der Waals surface area contributed by atoms with Crippen molar-refractivity contribution < 1.29 is 4.74 Å². The first-order chi connectivity index (χ1) is 8.77. The van der Waals surface area contributed by atoms with E-state index in [1.807, 2.05) is 36.4 Å². The number of hydrogen-bond donors (Lipinski definition) is 0. The molecule has 1 nitrogen and oxygen atoms in total. The van der Waals surface area contributed by atoms with Crippen LogP contribution in [0.1, 0.15) is 33.1 Å². The summed E-state index contributed by atoms with van der Waals surface area (Å²) < 4.78 is 5.59. The maximum atomic E-state index is 6.20. The van der Waals surface area contributed by atoms with Crippen LogP contribution in [0.15, 0.2) is 53.1 Å². The highest BCUT2D eigenvalue weighted by molar-refractivity contribution is 6.31. The average Bonchev–Trinajstić information content (AvgIpc) is 2.41. The number of allylic oxidation sites excluding steroid dienone is 3. The molecule has 0 spiro atoms. The van der Waals surface area contributed by atoms with E-state index in [1.54, 1.807) is 0 Å². The zero-order valence-corrected chi connectivity index (χ0v) is 11.9. The van der Waals surface area contributed by atoms with Crippen molar-refractivity contribution in [2.24, 2.45) is 0 Å². The van der Waals surface area contributed by atoms with Crippen molar-refractivity contribution >= 4 is 11.6 Å². The Labute approximate surface area is 115 Å². The van der Waals surface area contributed by atoms with Gasteiger partial charge in [0, 0.05) is 5.03 Å². The van der Waals surface area contributed by atoms with Gasteiger partial charge in [0.05, 0.1) is 6.61 Å². The molecule has 98 valence electrons. The van der Waals surface area contributed by atoms with Crippen LogP contribution in [-0.4, -0.2) is 6.61 Å². The molecule has 0 aliphatic carbocycles. The van der Waals surface area contributed by atoms with Gasteiger partial charge in [-0.05, 0) is 37.5 Å².